The molecule has 2 aromatic rings. The lowest BCUT2D eigenvalue weighted by molar-refractivity contribution is -0.385. The van der Waals surface area contributed by atoms with Crippen molar-refractivity contribution >= 4 is 11.5 Å². The first kappa shape index (κ1) is 18.2. The quantitative estimate of drug-likeness (QED) is 0.327. The van der Waals surface area contributed by atoms with Crippen molar-refractivity contribution in [2.24, 2.45) is 0 Å². The predicted octanol–water partition coefficient (Wildman–Crippen LogP) is 2.63. The first-order valence-electron chi connectivity index (χ1n) is 8.29. The molecule has 0 aromatic heterocycles. The lowest BCUT2D eigenvalue weighted by Crippen LogP contribution is -2.06. The van der Waals surface area contributed by atoms with E-state index in [0.29, 0.717) is 17.8 Å². The molecule has 2 heterocycles. The number of carbonyl (C=O) groups is 1. The molecule has 136 valence electrons. The second-order valence-electron chi connectivity index (χ2n) is 5.92. The molecular weight excluding hydrogens is 338 g/mol. The molecule has 4 rings (SSSR count). The maximum absolute atomic E-state index is 12.1. The second-order valence-corrected chi connectivity index (χ2v) is 5.92. The molecule has 2 aliphatic heterocycles. The van der Waals surface area contributed by atoms with Crippen LogP contribution in [-0.4, -0.2) is 49.3 Å². The van der Waals surface area contributed by atoms with Gasteiger partial charge in [-0.3, -0.25) is 14.9 Å². The SMILES string of the molecule is C(OCC1CO1)C1CO1.O=C(c1ccccc1)c1ccccc1[N+](=O)[O-]. The lowest BCUT2D eigenvalue weighted by atomic mass is 10.0. The fourth-order valence-corrected chi connectivity index (χ4v) is 2.23. The van der Waals surface area contributed by atoms with Crippen molar-refractivity contribution in [2.45, 2.75) is 12.2 Å². The number of nitro groups is 1. The number of ketones is 1. The van der Waals surface area contributed by atoms with Crippen molar-refractivity contribution in [2.75, 3.05) is 26.4 Å². The highest BCUT2D eigenvalue weighted by Crippen LogP contribution is 2.21. The van der Waals surface area contributed by atoms with E-state index in [4.69, 9.17) is 14.2 Å². The van der Waals surface area contributed by atoms with Crippen molar-refractivity contribution in [1.82, 2.24) is 0 Å². The van der Waals surface area contributed by atoms with E-state index in [1.165, 1.54) is 12.1 Å². The van der Waals surface area contributed by atoms with Gasteiger partial charge in [-0.2, -0.15) is 0 Å². The van der Waals surface area contributed by atoms with Crippen LogP contribution in [0.3, 0.4) is 0 Å². The van der Waals surface area contributed by atoms with E-state index < -0.39 is 4.92 Å². The Morgan fingerprint density at radius 1 is 1.00 bits per heavy atom. The molecule has 2 fully saturated rings. The summed E-state index contributed by atoms with van der Waals surface area (Å²) in [7, 11) is 0. The van der Waals surface area contributed by atoms with Crippen LogP contribution in [0, 0.1) is 10.1 Å². The summed E-state index contributed by atoms with van der Waals surface area (Å²) in [5.74, 6) is -0.335. The first-order valence-corrected chi connectivity index (χ1v) is 8.29. The number of rotatable bonds is 7. The molecule has 2 aromatic carbocycles. The van der Waals surface area contributed by atoms with Crippen LogP contribution in [0.1, 0.15) is 15.9 Å². The van der Waals surface area contributed by atoms with Gasteiger partial charge in [0.05, 0.1) is 31.4 Å². The van der Waals surface area contributed by atoms with Crippen molar-refractivity contribution in [3.05, 3.63) is 75.8 Å². The lowest BCUT2D eigenvalue weighted by Gasteiger charge is -2.01. The summed E-state index contributed by atoms with van der Waals surface area (Å²) < 4.78 is 15.1. The summed E-state index contributed by atoms with van der Waals surface area (Å²) in [4.78, 5) is 22.3. The van der Waals surface area contributed by atoms with Gasteiger partial charge in [0.2, 0.25) is 0 Å². The van der Waals surface area contributed by atoms with Crippen LogP contribution in [0.4, 0.5) is 5.69 Å². The van der Waals surface area contributed by atoms with Crippen molar-refractivity contribution in [3.63, 3.8) is 0 Å². The molecule has 2 atom stereocenters. The van der Waals surface area contributed by atoms with E-state index in [9.17, 15) is 14.9 Å². The molecule has 0 spiro atoms. The zero-order valence-electron chi connectivity index (χ0n) is 14.1. The van der Waals surface area contributed by atoms with Crippen LogP contribution in [-0.2, 0) is 14.2 Å². The fourth-order valence-electron chi connectivity index (χ4n) is 2.23. The second kappa shape index (κ2) is 8.66. The molecule has 2 aliphatic rings. The molecule has 0 saturated carbocycles. The maximum atomic E-state index is 12.1. The molecule has 0 amide bonds. The topological polar surface area (TPSA) is 94.5 Å². The number of epoxide rings is 2. The standard InChI is InChI=1S/C13H9NO3.C6H10O3/c15-13(10-6-2-1-3-7-10)11-8-4-5-9-12(11)14(16)17;1(5-3-8-5)7-2-6-4-9-6/h1-9H;5-6H,1-4H2. The minimum Gasteiger partial charge on any atom is -0.376 e. The number of ether oxygens (including phenoxy) is 3. The average molecular weight is 357 g/mol. The van der Waals surface area contributed by atoms with Gasteiger partial charge in [-0.25, -0.2) is 0 Å². The average Bonchev–Trinajstić information content (AvgIpc) is 3.58. The van der Waals surface area contributed by atoms with Crippen molar-refractivity contribution < 1.29 is 23.9 Å². The van der Waals surface area contributed by atoms with E-state index in [1.54, 1.807) is 42.5 Å². The largest absolute Gasteiger partial charge is 0.376 e. The zero-order chi connectivity index (χ0) is 18.4. The van der Waals surface area contributed by atoms with Gasteiger partial charge in [0, 0.05) is 11.6 Å². The summed E-state index contributed by atoms with van der Waals surface area (Å²) in [6.07, 6.45) is 0.785. The third kappa shape index (κ3) is 5.45. The third-order valence-corrected chi connectivity index (χ3v) is 3.79. The van der Waals surface area contributed by atoms with E-state index in [0.717, 1.165) is 26.4 Å². The molecule has 0 N–H and O–H groups in total. The Morgan fingerprint density at radius 3 is 2.08 bits per heavy atom. The summed E-state index contributed by atoms with van der Waals surface area (Å²) in [5.41, 5.74) is 0.395. The fraction of sp³-hybridized carbons (Fsp3) is 0.316. The summed E-state index contributed by atoms with van der Waals surface area (Å²) in [6.45, 7) is 3.26. The minimum atomic E-state index is -0.545. The molecule has 0 aliphatic carbocycles. The number of nitro benzene ring substituents is 1. The van der Waals surface area contributed by atoms with Crippen LogP contribution in [0.2, 0.25) is 0 Å². The highest BCUT2D eigenvalue weighted by Gasteiger charge is 2.26. The monoisotopic (exact) mass is 357 g/mol. The van der Waals surface area contributed by atoms with Gasteiger partial charge >= 0.3 is 0 Å². The Bertz CT molecular complexity index is 744. The third-order valence-electron chi connectivity index (χ3n) is 3.79. The van der Waals surface area contributed by atoms with Crippen molar-refractivity contribution in [3.8, 4) is 0 Å². The Morgan fingerprint density at radius 2 is 1.54 bits per heavy atom. The molecule has 2 saturated heterocycles. The van der Waals surface area contributed by atoms with Gasteiger partial charge < -0.3 is 14.2 Å². The summed E-state index contributed by atoms with van der Waals surface area (Å²) in [6, 6.07) is 14.5. The molecule has 0 radical (unpaired) electrons. The van der Waals surface area contributed by atoms with E-state index in [2.05, 4.69) is 0 Å². The number of carbonyl (C=O) groups excluding carboxylic acids is 1. The van der Waals surface area contributed by atoms with Crippen molar-refractivity contribution in [1.29, 1.82) is 0 Å². The van der Waals surface area contributed by atoms with Gasteiger partial charge in [0.15, 0.2) is 5.78 Å². The number of para-hydroxylation sites is 1. The maximum Gasteiger partial charge on any atom is 0.280 e. The van der Waals surface area contributed by atoms with Gasteiger partial charge in [-0.15, -0.1) is 0 Å². The molecular formula is C19H19NO6. The zero-order valence-corrected chi connectivity index (χ0v) is 14.1. The number of hydrogen-bond donors (Lipinski definition) is 0. The Kier molecular flexibility index (Phi) is 6.06. The first-order chi connectivity index (χ1) is 12.6. The Balaban J connectivity index is 0.000000181. The van der Waals surface area contributed by atoms with E-state index in [1.807, 2.05) is 0 Å². The molecule has 7 nitrogen and oxygen atoms in total. The Labute approximate surface area is 150 Å². The number of hydrogen-bond acceptors (Lipinski definition) is 6. The van der Waals surface area contributed by atoms with E-state index in [-0.39, 0.29) is 17.0 Å². The number of nitrogens with zero attached hydrogens (tertiary/aromatic N) is 1. The summed E-state index contributed by atoms with van der Waals surface area (Å²) >= 11 is 0. The van der Waals surface area contributed by atoms with Crippen LogP contribution in [0.25, 0.3) is 0 Å². The van der Waals surface area contributed by atoms with Crippen LogP contribution in [0.5, 0.6) is 0 Å². The van der Waals surface area contributed by atoms with Crippen LogP contribution >= 0.6 is 0 Å². The smallest absolute Gasteiger partial charge is 0.280 e. The summed E-state index contributed by atoms with van der Waals surface area (Å²) in [5, 5.41) is 10.8. The molecule has 7 heteroatoms. The normalized spacial score (nSPS) is 19.8. The van der Waals surface area contributed by atoms with Crippen LogP contribution in [0.15, 0.2) is 54.6 Å². The highest BCUT2D eigenvalue weighted by atomic mass is 16.6. The predicted molar refractivity (Wildman–Crippen MR) is 93.3 cm³/mol. The van der Waals surface area contributed by atoms with E-state index >= 15 is 0 Å². The van der Waals surface area contributed by atoms with Gasteiger partial charge in [-0.1, -0.05) is 42.5 Å². The van der Waals surface area contributed by atoms with Gasteiger partial charge in [-0.05, 0) is 6.07 Å². The van der Waals surface area contributed by atoms with Gasteiger partial charge in [0.1, 0.15) is 17.8 Å². The molecule has 2 unspecified atom stereocenters. The van der Waals surface area contributed by atoms with Crippen LogP contribution < -0.4 is 0 Å². The van der Waals surface area contributed by atoms with Gasteiger partial charge in [0.25, 0.3) is 5.69 Å². The molecule has 0 bridgehead atoms. The minimum absolute atomic E-state index is 0.115. The highest BCUT2D eigenvalue weighted by molar-refractivity contribution is 6.11. The number of benzene rings is 2. The Hall–Kier alpha value is -2.61. The molecule has 26 heavy (non-hydrogen) atoms.